The fraction of sp³-hybridized carbons (Fsp3) is 0.308. The highest BCUT2D eigenvalue weighted by Crippen LogP contribution is 2.25. The average Bonchev–Trinajstić information content (AvgIpc) is 2.81. The quantitative estimate of drug-likeness (QED) is 0.638. The van der Waals surface area contributed by atoms with Crippen molar-refractivity contribution in [1.29, 1.82) is 0 Å². The molecule has 0 N–H and O–H groups in total. The smallest absolute Gasteiger partial charge is 0.258 e. The van der Waals surface area contributed by atoms with Crippen LogP contribution in [0.3, 0.4) is 0 Å². The van der Waals surface area contributed by atoms with Crippen LogP contribution in [0.15, 0.2) is 18.2 Å². The summed E-state index contributed by atoms with van der Waals surface area (Å²) in [4.78, 5) is 9.74. The molecule has 2 rings (SSSR count). The van der Waals surface area contributed by atoms with Crippen LogP contribution < -0.4 is 0 Å². The zero-order valence-electron chi connectivity index (χ0n) is 11.1. The third-order valence-electron chi connectivity index (χ3n) is 2.98. The van der Waals surface area contributed by atoms with Gasteiger partial charge in [0.15, 0.2) is 11.6 Å². The summed E-state index contributed by atoms with van der Waals surface area (Å²) in [7, 11) is 0. The third kappa shape index (κ3) is 2.38. The fourth-order valence-electron chi connectivity index (χ4n) is 1.95. The lowest BCUT2D eigenvalue weighted by atomic mass is 10.2. The first-order valence-electron chi connectivity index (χ1n) is 6.19. The van der Waals surface area contributed by atoms with Gasteiger partial charge in [-0.05, 0) is 18.9 Å². The zero-order chi connectivity index (χ0) is 14.9. The first kappa shape index (κ1) is 14.1. The maximum Gasteiger partial charge on any atom is 0.275 e. The van der Waals surface area contributed by atoms with Crippen LogP contribution in [0.1, 0.15) is 25.2 Å². The van der Waals surface area contributed by atoms with Crippen LogP contribution in [0.5, 0.6) is 0 Å². The number of hydrogen-bond acceptors (Lipinski definition) is 3. The number of aryl methyl sites for hydroxylation is 2. The topological polar surface area (TPSA) is 61.0 Å². The molecule has 0 atom stereocenters. The van der Waals surface area contributed by atoms with Crippen molar-refractivity contribution in [2.45, 2.75) is 26.7 Å². The number of nitrogens with zero attached hydrogens (tertiary/aromatic N) is 3. The number of benzene rings is 1. The Kier molecular flexibility index (Phi) is 3.78. The minimum absolute atomic E-state index is 0.382. The number of nitro benzene ring substituents is 1. The molecule has 0 saturated carbocycles. The average molecular weight is 281 g/mol. The molecule has 0 spiro atoms. The zero-order valence-corrected chi connectivity index (χ0v) is 11.1. The van der Waals surface area contributed by atoms with E-state index in [1.165, 1.54) is 4.68 Å². The Balaban J connectivity index is 2.63. The lowest BCUT2D eigenvalue weighted by Crippen LogP contribution is -2.08. The molecule has 2 aromatic rings. The van der Waals surface area contributed by atoms with Crippen molar-refractivity contribution in [1.82, 2.24) is 9.78 Å². The Morgan fingerprint density at radius 2 is 1.80 bits per heavy atom. The third-order valence-corrected chi connectivity index (χ3v) is 2.98. The molecule has 106 valence electrons. The van der Waals surface area contributed by atoms with Crippen molar-refractivity contribution in [3.63, 3.8) is 0 Å². The summed E-state index contributed by atoms with van der Waals surface area (Å²) in [6.07, 6.45) is 1.18. The summed E-state index contributed by atoms with van der Waals surface area (Å²) in [5, 5.41) is 14.7. The summed E-state index contributed by atoms with van der Waals surface area (Å²) < 4.78 is 29.1. The number of nitro groups is 1. The number of non-ortho nitro benzene ring substituents is 1. The Morgan fingerprint density at radius 3 is 2.25 bits per heavy atom. The van der Waals surface area contributed by atoms with E-state index in [0.29, 0.717) is 36.4 Å². The first-order chi connectivity index (χ1) is 9.47. The molecule has 0 fully saturated rings. The maximum atomic E-state index is 14.0. The van der Waals surface area contributed by atoms with Gasteiger partial charge in [-0.2, -0.15) is 5.10 Å². The van der Waals surface area contributed by atoms with Crippen LogP contribution in [-0.4, -0.2) is 14.7 Å². The van der Waals surface area contributed by atoms with Gasteiger partial charge in [0.05, 0.1) is 22.7 Å². The first-order valence-corrected chi connectivity index (χ1v) is 6.19. The molecular formula is C13H13F2N3O2. The van der Waals surface area contributed by atoms with E-state index in [-0.39, 0.29) is 5.69 Å². The second kappa shape index (κ2) is 5.36. The monoisotopic (exact) mass is 281 g/mol. The molecule has 0 radical (unpaired) electrons. The Labute approximate surface area is 114 Å². The van der Waals surface area contributed by atoms with E-state index in [4.69, 9.17) is 0 Å². The number of aromatic nitrogens is 2. The van der Waals surface area contributed by atoms with Gasteiger partial charge >= 0.3 is 0 Å². The second-order valence-corrected chi connectivity index (χ2v) is 4.26. The minimum Gasteiger partial charge on any atom is -0.258 e. The standard InChI is InChI=1S/C13H13F2N3O2/c1-3-8-5-9(4-2)17(16-8)13-11(14)6-10(18(19)20)7-12(13)15/h5-7H,3-4H2,1-2H3. The molecule has 0 bridgehead atoms. The molecular weight excluding hydrogens is 268 g/mol. The van der Waals surface area contributed by atoms with Crippen LogP contribution in [0.4, 0.5) is 14.5 Å². The predicted octanol–water partition coefficient (Wildman–Crippen LogP) is 3.18. The van der Waals surface area contributed by atoms with Crippen LogP contribution in [0, 0.1) is 21.7 Å². The molecule has 0 amide bonds. The normalized spacial score (nSPS) is 10.8. The SMILES string of the molecule is CCc1cc(CC)n(-c2c(F)cc([N+](=O)[O-])cc2F)n1. The van der Waals surface area contributed by atoms with Gasteiger partial charge in [0.25, 0.3) is 5.69 Å². The van der Waals surface area contributed by atoms with Crippen molar-refractivity contribution in [3.05, 3.63) is 51.3 Å². The van der Waals surface area contributed by atoms with E-state index in [2.05, 4.69) is 5.10 Å². The highest BCUT2D eigenvalue weighted by Gasteiger charge is 2.21. The lowest BCUT2D eigenvalue weighted by Gasteiger charge is -2.08. The van der Waals surface area contributed by atoms with E-state index in [0.717, 1.165) is 0 Å². The van der Waals surface area contributed by atoms with Crippen molar-refractivity contribution < 1.29 is 13.7 Å². The molecule has 1 heterocycles. The Bertz CT molecular complexity index is 645. The molecule has 20 heavy (non-hydrogen) atoms. The summed E-state index contributed by atoms with van der Waals surface area (Å²) >= 11 is 0. The summed E-state index contributed by atoms with van der Waals surface area (Å²) in [5.41, 5.74) is 0.351. The number of rotatable bonds is 4. The van der Waals surface area contributed by atoms with Gasteiger partial charge in [-0.25, -0.2) is 13.5 Å². The van der Waals surface area contributed by atoms with E-state index in [1.54, 1.807) is 6.07 Å². The summed E-state index contributed by atoms with van der Waals surface area (Å²) in [6.45, 7) is 3.73. The Morgan fingerprint density at radius 1 is 1.20 bits per heavy atom. The molecule has 0 unspecified atom stereocenters. The van der Waals surface area contributed by atoms with E-state index < -0.39 is 22.2 Å². The summed E-state index contributed by atoms with van der Waals surface area (Å²) in [6, 6.07) is 3.16. The number of halogens is 2. The maximum absolute atomic E-state index is 14.0. The van der Waals surface area contributed by atoms with Gasteiger partial charge < -0.3 is 0 Å². The van der Waals surface area contributed by atoms with Crippen LogP contribution in [0.2, 0.25) is 0 Å². The van der Waals surface area contributed by atoms with Crippen LogP contribution >= 0.6 is 0 Å². The van der Waals surface area contributed by atoms with Gasteiger partial charge in [0.1, 0.15) is 5.69 Å². The highest BCUT2D eigenvalue weighted by atomic mass is 19.1. The molecule has 5 nitrogen and oxygen atoms in total. The van der Waals surface area contributed by atoms with Gasteiger partial charge in [0.2, 0.25) is 0 Å². The van der Waals surface area contributed by atoms with Gasteiger partial charge in [0, 0.05) is 5.69 Å². The molecule has 0 aliphatic carbocycles. The van der Waals surface area contributed by atoms with Crippen molar-refractivity contribution >= 4 is 5.69 Å². The minimum atomic E-state index is -1.00. The van der Waals surface area contributed by atoms with Crippen molar-refractivity contribution in [2.24, 2.45) is 0 Å². The van der Waals surface area contributed by atoms with E-state index in [1.807, 2.05) is 13.8 Å². The van der Waals surface area contributed by atoms with Crippen LogP contribution in [0.25, 0.3) is 5.69 Å². The molecule has 1 aromatic heterocycles. The fourth-order valence-corrected chi connectivity index (χ4v) is 1.95. The second-order valence-electron chi connectivity index (χ2n) is 4.26. The lowest BCUT2D eigenvalue weighted by molar-refractivity contribution is -0.385. The van der Waals surface area contributed by atoms with Gasteiger partial charge in [-0.15, -0.1) is 0 Å². The van der Waals surface area contributed by atoms with Crippen molar-refractivity contribution in [2.75, 3.05) is 0 Å². The van der Waals surface area contributed by atoms with Crippen molar-refractivity contribution in [3.8, 4) is 5.69 Å². The highest BCUT2D eigenvalue weighted by molar-refractivity contribution is 5.44. The molecule has 7 heteroatoms. The largest absolute Gasteiger partial charge is 0.275 e. The van der Waals surface area contributed by atoms with E-state index in [9.17, 15) is 18.9 Å². The molecule has 0 aliphatic heterocycles. The molecule has 1 aromatic carbocycles. The molecule has 0 aliphatic rings. The summed E-state index contributed by atoms with van der Waals surface area (Å²) in [5.74, 6) is -2.01. The Hall–Kier alpha value is -2.31. The van der Waals surface area contributed by atoms with Gasteiger partial charge in [-0.1, -0.05) is 13.8 Å². The van der Waals surface area contributed by atoms with Gasteiger partial charge in [-0.3, -0.25) is 10.1 Å². The number of hydrogen-bond donors (Lipinski definition) is 0. The molecule has 0 saturated heterocycles. The van der Waals surface area contributed by atoms with Crippen LogP contribution in [-0.2, 0) is 12.8 Å². The predicted molar refractivity (Wildman–Crippen MR) is 68.9 cm³/mol. The van der Waals surface area contributed by atoms with E-state index >= 15 is 0 Å².